The van der Waals surface area contributed by atoms with E-state index in [9.17, 15) is 4.79 Å². The Balaban J connectivity index is 1.56. The van der Waals surface area contributed by atoms with Gasteiger partial charge in [-0.2, -0.15) is 5.10 Å². The largest absolute Gasteiger partial charge is 0.322 e. The van der Waals surface area contributed by atoms with Crippen LogP contribution in [-0.4, -0.2) is 27.2 Å². The van der Waals surface area contributed by atoms with Crippen LogP contribution in [0.15, 0.2) is 48.7 Å². The van der Waals surface area contributed by atoms with Crippen LogP contribution in [-0.2, 0) is 6.54 Å². The highest BCUT2D eigenvalue weighted by Gasteiger charge is 2.25. The summed E-state index contributed by atoms with van der Waals surface area (Å²) in [6.07, 6.45) is 8.89. The highest BCUT2D eigenvalue weighted by Crippen LogP contribution is 2.27. The van der Waals surface area contributed by atoms with Gasteiger partial charge in [-0.15, -0.1) is 0 Å². The van der Waals surface area contributed by atoms with Crippen LogP contribution in [0.1, 0.15) is 60.8 Å². The number of carbonyl (C=O) groups excluding carboxylic acids is 1. The van der Waals surface area contributed by atoms with Crippen LogP contribution in [0.5, 0.6) is 0 Å². The first kappa shape index (κ1) is 22.1. The van der Waals surface area contributed by atoms with Gasteiger partial charge in [-0.1, -0.05) is 67.6 Å². The van der Waals surface area contributed by atoms with Crippen molar-refractivity contribution in [3.8, 4) is 11.3 Å². The summed E-state index contributed by atoms with van der Waals surface area (Å²) in [4.78, 5) is 15.6. The smallest absolute Gasteiger partial charge is 0.317 e. The van der Waals surface area contributed by atoms with Gasteiger partial charge in [-0.3, -0.25) is 5.10 Å². The van der Waals surface area contributed by atoms with Gasteiger partial charge in [-0.05, 0) is 56.4 Å². The van der Waals surface area contributed by atoms with E-state index < -0.39 is 0 Å². The first-order chi connectivity index (χ1) is 15.5. The van der Waals surface area contributed by atoms with E-state index in [0.717, 1.165) is 46.5 Å². The summed E-state index contributed by atoms with van der Waals surface area (Å²) >= 11 is 0. The van der Waals surface area contributed by atoms with Crippen LogP contribution in [0.25, 0.3) is 11.3 Å². The molecule has 1 aliphatic rings. The van der Waals surface area contributed by atoms with Crippen molar-refractivity contribution in [3.63, 3.8) is 0 Å². The maximum Gasteiger partial charge on any atom is 0.322 e. The van der Waals surface area contributed by atoms with Crippen molar-refractivity contribution in [2.45, 2.75) is 71.9 Å². The lowest BCUT2D eigenvalue weighted by atomic mass is 10.0. The molecule has 1 heterocycles. The van der Waals surface area contributed by atoms with Crippen molar-refractivity contribution >= 4 is 11.7 Å². The number of nitrogens with zero attached hydrogens (tertiary/aromatic N) is 2. The zero-order valence-corrected chi connectivity index (χ0v) is 19.4. The Bertz CT molecular complexity index is 1010. The lowest BCUT2D eigenvalue weighted by molar-refractivity contribution is 0.175. The minimum atomic E-state index is 0.00308. The molecule has 2 amide bonds. The van der Waals surface area contributed by atoms with Crippen molar-refractivity contribution in [1.29, 1.82) is 0 Å². The van der Waals surface area contributed by atoms with Crippen LogP contribution in [0.2, 0.25) is 0 Å². The molecule has 0 radical (unpaired) electrons. The third-order valence-corrected chi connectivity index (χ3v) is 6.54. The molecule has 0 unspecified atom stereocenters. The van der Waals surface area contributed by atoms with Crippen molar-refractivity contribution in [1.82, 2.24) is 15.1 Å². The molecule has 0 atom stereocenters. The molecule has 1 aliphatic carbocycles. The lowest BCUT2D eigenvalue weighted by Gasteiger charge is -2.32. The fourth-order valence-corrected chi connectivity index (χ4v) is 4.89. The Morgan fingerprint density at radius 1 is 1.00 bits per heavy atom. The monoisotopic (exact) mass is 430 g/mol. The number of rotatable bonds is 5. The number of nitrogens with one attached hydrogen (secondary N) is 2. The van der Waals surface area contributed by atoms with Gasteiger partial charge in [0.2, 0.25) is 0 Å². The van der Waals surface area contributed by atoms with Gasteiger partial charge in [0.1, 0.15) is 0 Å². The number of carbonyl (C=O) groups is 1. The topological polar surface area (TPSA) is 61.0 Å². The second kappa shape index (κ2) is 10.0. The molecular weight excluding hydrogens is 396 g/mol. The number of aromatic nitrogens is 2. The number of aromatic amines is 1. The molecule has 2 aromatic carbocycles. The Morgan fingerprint density at radius 3 is 2.25 bits per heavy atom. The van der Waals surface area contributed by atoms with Crippen molar-refractivity contribution in [2.24, 2.45) is 0 Å². The maximum absolute atomic E-state index is 13.6. The maximum atomic E-state index is 13.6. The van der Waals surface area contributed by atoms with Gasteiger partial charge in [0.25, 0.3) is 0 Å². The van der Waals surface area contributed by atoms with Gasteiger partial charge >= 0.3 is 6.03 Å². The van der Waals surface area contributed by atoms with Crippen LogP contribution in [0.3, 0.4) is 0 Å². The van der Waals surface area contributed by atoms with Crippen LogP contribution >= 0.6 is 0 Å². The third kappa shape index (κ3) is 5.21. The zero-order chi connectivity index (χ0) is 22.5. The molecule has 4 rings (SSSR count). The number of hydrogen-bond acceptors (Lipinski definition) is 2. The summed E-state index contributed by atoms with van der Waals surface area (Å²) in [6.45, 7) is 6.84. The number of amides is 2. The normalized spacial score (nSPS) is 14.7. The summed E-state index contributed by atoms with van der Waals surface area (Å²) in [5.74, 6) is 0. The Kier molecular flexibility index (Phi) is 6.93. The number of urea groups is 1. The van der Waals surface area contributed by atoms with E-state index in [1.807, 2.05) is 12.3 Å². The molecule has 3 aromatic rings. The molecule has 1 aromatic heterocycles. The second-order valence-corrected chi connectivity index (χ2v) is 9.13. The molecule has 1 saturated carbocycles. The van der Waals surface area contributed by atoms with Crippen LogP contribution in [0, 0.1) is 20.8 Å². The Morgan fingerprint density at radius 2 is 1.66 bits per heavy atom. The molecule has 168 valence electrons. The Labute approximate surface area is 191 Å². The van der Waals surface area contributed by atoms with Crippen molar-refractivity contribution in [3.05, 3.63) is 70.9 Å². The Hall–Kier alpha value is -3.08. The molecular formula is C27H34N4O. The minimum absolute atomic E-state index is 0.00308. The number of anilines is 1. The summed E-state index contributed by atoms with van der Waals surface area (Å²) in [7, 11) is 0. The predicted molar refractivity (Wildman–Crippen MR) is 131 cm³/mol. The molecule has 32 heavy (non-hydrogen) atoms. The molecule has 0 spiro atoms. The van der Waals surface area contributed by atoms with E-state index in [0.29, 0.717) is 6.54 Å². The average Bonchev–Trinajstić information content (AvgIpc) is 3.18. The van der Waals surface area contributed by atoms with E-state index in [1.54, 1.807) is 0 Å². The van der Waals surface area contributed by atoms with Crippen molar-refractivity contribution in [2.75, 3.05) is 5.32 Å². The number of hydrogen-bond donors (Lipinski definition) is 2. The van der Waals surface area contributed by atoms with E-state index in [2.05, 4.69) is 77.6 Å². The van der Waals surface area contributed by atoms with E-state index in [1.165, 1.54) is 31.2 Å². The standard InChI is InChI=1S/C27H34N4O/c1-19-16-20(2)26(21(3)17-19)29-27(32)31(24-8-6-4-5-7-9-24)18-22-10-12-23(13-11-22)25-14-15-28-30-25/h10-17,24H,4-9,18H2,1-3H3,(H,28,30)(H,29,32). The van der Waals surface area contributed by atoms with Gasteiger partial charge < -0.3 is 10.2 Å². The van der Waals surface area contributed by atoms with Gasteiger partial charge in [0, 0.05) is 30.0 Å². The summed E-state index contributed by atoms with van der Waals surface area (Å²) in [6, 6.07) is 14.9. The first-order valence-electron chi connectivity index (χ1n) is 11.8. The minimum Gasteiger partial charge on any atom is -0.317 e. The molecule has 0 saturated heterocycles. The summed E-state index contributed by atoms with van der Waals surface area (Å²) < 4.78 is 0. The van der Waals surface area contributed by atoms with Crippen LogP contribution < -0.4 is 5.32 Å². The second-order valence-electron chi connectivity index (χ2n) is 9.13. The highest BCUT2D eigenvalue weighted by molar-refractivity contribution is 5.91. The summed E-state index contributed by atoms with van der Waals surface area (Å²) in [5.41, 5.74) is 7.52. The summed E-state index contributed by atoms with van der Waals surface area (Å²) in [5, 5.41) is 10.4. The first-order valence-corrected chi connectivity index (χ1v) is 11.8. The quantitative estimate of drug-likeness (QED) is 0.439. The van der Waals surface area contributed by atoms with E-state index in [-0.39, 0.29) is 12.1 Å². The predicted octanol–water partition coefficient (Wildman–Crippen LogP) is 6.76. The van der Waals surface area contributed by atoms with E-state index >= 15 is 0 Å². The SMILES string of the molecule is Cc1cc(C)c(NC(=O)N(Cc2ccc(-c3cc[nH]n3)cc2)C2CCCCCC2)c(C)c1. The van der Waals surface area contributed by atoms with Crippen molar-refractivity contribution < 1.29 is 4.79 Å². The number of benzene rings is 2. The lowest BCUT2D eigenvalue weighted by Crippen LogP contribution is -2.42. The fraction of sp³-hybridized carbons (Fsp3) is 0.407. The molecule has 1 fully saturated rings. The molecule has 2 N–H and O–H groups in total. The van der Waals surface area contributed by atoms with Gasteiger partial charge in [-0.25, -0.2) is 4.79 Å². The number of aryl methyl sites for hydroxylation is 3. The fourth-order valence-electron chi connectivity index (χ4n) is 4.89. The molecule has 5 heteroatoms. The number of H-pyrrole nitrogens is 1. The molecule has 0 bridgehead atoms. The molecule has 5 nitrogen and oxygen atoms in total. The third-order valence-electron chi connectivity index (χ3n) is 6.54. The average molecular weight is 431 g/mol. The molecule has 0 aliphatic heterocycles. The zero-order valence-electron chi connectivity index (χ0n) is 19.4. The van der Waals surface area contributed by atoms with E-state index in [4.69, 9.17) is 0 Å². The highest BCUT2D eigenvalue weighted by atomic mass is 16.2. The van der Waals surface area contributed by atoms with Crippen LogP contribution in [0.4, 0.5) is 10.5 Å². The van der Waals surface area contributed by atoms with Gasteiger partial charge in [0.05, 0.1) is 5.69 Å². The van der Waals surface area contributed by atoms with Gasteiger partial charge in [0.15, 0.2) is 0 Å².